The lowest BCUT2D eigenvalue weighted by Gasteiger charge is -2.22. The van der Waals surface area contributed by atoms with Crippen molar-refractivity contribution in [3.05, 3.63) is 11.6 Å². The third-order valence-corrected chi connectivity index (χ3v) is 2.52. The summed E-state index contributed by atoms with van der Waals surface area (Å²) in [5, 5.41) is 0. The fraction of sp³-hybridized carbons (Fsp3) is 0.700. The van der Waals surface area contributed by atoms with Crippen molar-refractivity contribution in [3.63, 3.8) is 0 Å². The molecule has 0 heterocycles. The number of rotatable bonds is 1. The highest BCUT2D eigenvalue weighted by molar-refractivity contribution is 5.81. The summed E-state index contributed by atoms with van der Waals surface area (Å²) in [6.07, 6.45) is 6.83. The lowest BCUT2D eigenvalue weighted by molar-refractivity contribution is -0.120. The van der Waals surface area contributed by atoms with Gasteiger partial charge in [-0.3, -0.25) is 4.79 Å². The average Bonchev–Trinajstić information content (AvgIpc) is 2.04. The highest BCUT2D eigenvalue weighted by Crippen LogP contribution is 2.29. The first-order chi connectivity index (χ1) is 5.25. The molecule has 0 aliphatic heterocycles. The van der Waals surface area contributed by atoms with Crippen LogP contribution in [0, 0.1) is 5.92 Å². The zero-order chi connectivity index (χ0) is 8.27. The molecule has 0 aromatic carbocycles. The van der Waals surface area contributed by atoms with Crippen LogP contribution >= 0.6 is 0 Å². The molecule has 0 aromatic rings. The van der Waals surface area contributed by atoms with Gasteiger partial charge in [0.05, 0.1) is 0 Å². The standard InChI is InChI=1S/C10H16O/c1-3-9-6-4-5-7-10(9)8(2)11/h3,10H,4-7H2,1-2H3. The minimum atomic E-state index is 0.258. The quantitative estimate of drug-likeness (QED) is 0.528. The van der Waals surface area contributed by atoms with Crippen LogP contribution in [0.1, 0.15) is 39.5 Å². The van der Waals surface area contributed by atoms with Gasteiger partial charge in [0.1, 0.15) is 5.78 Å². The first-order valence-corrected chi connectivity index (χ1v) is 4.41. The zero-order valence-electron chi connectivity index (χ0n) is 7.39. The average molecular weight is 152 g/mol. The summed E-state index contributed by atoms with van der Waals surface area (Å²) in [7, 11) is 0. The third kappa shape index (κ3) is 1.92. The van der Waals surface area contributed by atoms with Crippen molar-refractivity contribution in [2.24, 2.45) is 5.92 Å². The number of ketones is 1. The predicted octanol–water partition coefficient (Wildman–Crippen LogP) is 2.71. The van der Waals surface area contributed by atoms with Crippen LogP contribution in [0.2, 0.25) is 0 Å². The van der Waals surface area contributed by atoms with E-state index >= 15 is 0 Å². The van der Waals surface area contributed by atoms with Crippen molar-refractivity contribution < 1.29 is 4.79 Å². The van der Waals surface area contributed by atoms with E-state index in [0.29, 0.717) is 5.78 Å². The van der Waals surface area contributed by atoms with Gasteiger partial charge in [0, 0.05) is 5.92 Å². The smallest absolute Gasteiger partial charge is 0.136 e. The Bertz CT molecular complexity index is 179. The van der Waals surface area contributed by atoms with Gasteiger partial charge in [-0.1, -0.05) is 18.1 Å². The maximum absolute atomic E-state index is 11.1. The van der Waals surface area contributed by atoms with Crippen molar-refractivity contribution in [1.82, 2.24) is 0 Å². The second kappa shape index (κ2) is 3.70. The van der Waals surface area contributed by atoms with E-state index in [4.69, 9.17) is 0 Å². The Morgan fingerprint density at radius 3 is 2.73 bits per heavy atom. The summed E-state index contributed by atoms with van der Waals surface area (Å²) in [6, 6.07) is 0. The van der Waals surface area contributed by atoms with E-state index in [1.165, 1.54) is 18.4 Å². The second-order valence-corrected chi connectivity index (χ2v) is 3.27. The molecule has 0 aromatic heterocycles. The van der Waals surface area contributed by atoms with Crippen LogP contribution in [0.4, 0.5) is 0 Å². The Morgan fingerprint density at radius 2 is 2.27 bits per heavy atom. The van der Waals surface area contributed by atoms with Crippen LogP contribution in [-0.2, 0) is 4.79 Å². The molecule has 1 heteroatoms. The van der Waals surface area contributed by atoms with E-state index in [1.54, 1.807) is 6.92 Å². The van der Waals surface area contributed by atoms with Gasteiger partial charge in [-0.25, -0.2) is 0 Å². The normalized spacial score (nSPS) is 28.9. The molecule has 0 bridgehead atoms. The summed E-state index contributed by atoms with van der Waals surface area (Å²) in [5.74, 6) is 0.603. The lowest BCUT2D eigenvalue weighted by Crippen LogP contribution is -2.17. The fourth-order valence-corrected chi connectivity index (χ4v) is 1.85. The molecular formula is C10H16O. The molecular weight excluding hydrogens is 136 g/mol. The third-order valence-electron chi connectivity index (χ3n) is 2.52. The summed E-state index contributed by atoms with van der Waals surface area (Å²) < 4.78 is 0. The number of allylic oxidation sites excluding steroid dienone is 2. The maximum Gasteiger partial charge on any atom is 0.136 e. The van der Waals surface area contributed by atoms with Crippen LogP contribution < -0.4 is 0 Å². The molecule has 1 rings (SSSR count). The van der Waals surface area contributed by atoms with Gasteiger partial charge in [0.25, 0.3) is 0 Å². The summed E-state index contributed by atoms with van der Waals surface area (Å²) in [5.41, 5.74) is 1.36. The van der Waals surface area contributed by atoms with E-state index in [-0.39, 0.29) is 5.92 Å². The Labute approximate surface area is 68.5 Å². The van der Waals surface area contributed by atoms with E-state index in [9.17, 15) is 4.79 Å². The number of hydrogen-bond donors (Lipinski definition) is 0. The molecule has 0 radical (unpaired) electrons. The highest BCUT2D eigenvalue weighted by Gasteiger charge is 2.21. The SMILES string of the molecule is CC=C1CCCCC1C(C)=O. The second-order valence-electron chi connectivity index (χ2n) is 3.27. The Morgan fingerprint density at radius 1 is 1.55 bits per heavy atom. The summed E-state index contributed by atoms with van der Waals surface area (Å²) in [4.78, 5) is 11.1. The van der Waals surface area contributed by atoms with Crippen LogP contribution in [0.5, 0.6) is 0 Å². The molecule has 62 valence electrons. The van der Waals surface area contributed by atoms with Gasteiger partial charge in [-0.2, -0.15) is 0 Å². The number of hydrogen-bond acceptors (Lipinski definition) is 1. The molecule has 1 saturated carbocycles. The Hall–Kier alpha value is -0.590. The first kappa shape index (κ1) is 8.51. The van der Waals surface area contributed by atoms with Crippen LogP contribution in [0.3, 0.4) is 0 Å². The van der Waals surface area contributed by atoms with Gasteiger partial charge in [0.2, 0.25) is 0 Å². The van der Waals surface area contributed by atoms with Crippen LogP contribution in [0.15, 0.2) is 11.6 Å². The van der Waals surface area contributed by atoms with Crippen molar-refractivity contribution in [3.8, 4) is 0 Å². The van der Waals surface area contributed by atoms with Crippen molar-refractivity contribution in [2.75, 3.05) is 0 Å². The highest BCUT2D eigenvalue weighted by atomic mass is 16.1. The molecule has 1 nitrogen and oxygen atoms in total. The molecule has 11 heavy (non-hydrogen) atoms. The van der Waals surface area contributed by atoms with E-state index < -0.39 is 0 Å². The topological polar surface area (TPSA) is 17.1 Å². The van der Waals surface area contributed by atoms with Crippen molar-refractivity contribution in [1.29, 1.82) is 0 Å². The summed E-state index contributed by atoms with van der Waals surface area (Å²) in [6.45, 7) is 3.75. The Balaban J connectivity index is 2.67. The molecule has 0 amide bonds. The largest absolute Gasteiger partial charge is 0.299 e. The minimum absolute atomic E-state index is 0.258. The van der Waals surface area contributed by atoms with Crippen LogP contribution in [0.25, 0.3) is 0 Å². The molecule has 0 saturated heterocycles. The Kier molecular flexibility index (Phi) is 2.86. The molecule has 0 spiro atoms. The zero-order valence-corrected chi connectivity index (χ0v) is 7.39. The predicted molar refractivity (Wildman–Crippen MR) is 46.4 cm³/mol. The van der Waals surface area contributed by atoms with Gasteiger partial charge in [-0.05, 0) is 33.1 Å². The number of Topliss-reactive ketones (excluding diaryl/α,β-unsaturated/α-hetero) is 1. The molecule has 1 unspecified atom stereocenters. The van der Waals surface area contributed by atoms with Gasteiger partial charge in [-0.15, -0.1) is 0 Å². The van der Waals surface area contributed by atoms with Crippen LogP contribution in [-0.4, -0.2) is 5.78 Å². The van der Waals surface area contributed by atoms with Gasteiger partial charge in [0.15, 0.2) is 0 Å². The first-order valence-electron chi connectivity index (χ1n) is 4.41. The molecule has 1 atom stereocenters. The minimum Gasteiger partial charge on any atom is -0.299 e. The maximum atomic E-state index is 11.1. The van der Waals surface area contributed by atoms with Gasteiger partial charge < -0.3 is 0 Å². The summed E-state index contributed by atoms with van der Waals surface area (Å²) >= 11 is 0. The van der Waals surface area contributed by atoms with E-state index in [0.717, 1.165) is 12.8 Å². The molecule has 1 aliphatic carbocycles. The monoisotopic (exact) mass is 152 g/mol. The molecule has 1 fully saturated rings. The number of carbonyl (C=O) groups excluding carboxylic acids is 1. The fourth-order valence-electron chi connectivity index (χ4n) is 1.85. The lowest BCUT2D eigenvalue weighted by atomic mass is 9.82. The molecule has 0 N–H and O–H groups in total. The van der Waals surface area contributed by atoms with E-state index in [2.05, 4.69) is 6.08 Å². The number of carbonyl (C=O) groups is 1. The van der Waals surface area contributed by atoms with E-state index in [1.807, 2.05) is 6.92 Å². The molecule has 1 aliphatic rings. The van der Waals surface area contributed by atoms with Crippen molar-refractivity contribution >= 4 is 5.78 Å². The van der Waals surface area contributed by atoms with Crippen molar-refractivity contribution in [2.45, 2.75) is 39.5 Å². The van der Waals surface area contributed by atoms with Gasteiger partial charge >= 0.3 is 0 Å².